The molecule has 31 heavy (non-hydrogen) atoms. The Bertz CT molecular complexity index is 961. The molecule has 0 aliphatic heterocycles. The van der Waals surface area contributed by atoms with Crippen LogP contribution in [0.15, 0.2) is 53.7 Å². The average molecular weight is 434 g/mol. The van der Waals surface area contributed by atoms with Crippen LogP contribution in [0.25, 0.3) is 0 Å². The molecule has 0 saturated heterocycles. The number of nitrogens with two attached hydrogens (primary N) is 1. The second-order valence-corrected chi connectivity index (χ2v) is 8.23. The van der Waals surface area contributed by atoms with Crippen LogP contribution in [0.2, 0.25) is 0 Å². The van der Waals surface area contributed by atoms with E-state index in [-0.39, 0.29) is 30.8 Å². The standard InChI is InChI=1S/C23H25F3N2O3/c1-14(28-31-12-11-30-18-4-2-3-17(13-18)23(24,25)26)15-5-7-16(8-6-15)19-9-10-22(27)20(19)21(22)29/h2-8,13,19-21,29H,9-12,27H2,1H3/b28-14+/t19-,20?,21?,22+/m0/s1. The van der Waals surface area contributed by atoms with E-state index in [9.17, 15) is 18.3 Å². The SMILES string of the molecule is C/C(=N\OCCOc1cccc(C(F)(F)F)c1)c1ccc([C@@H]2CC[C@]3(N)C(O)C23)cc1. The Morgan fingerprint density at radius 3 is 2.58 bits per heavy atom. The molecular formula is C23H25F3N2O3. The molecule has 3 N–H and O–H groups in total. The van der Waals surface area contributed by atoms with Crippen molar-refractivity contribution in [2.24, 2.45) is 16.8 Å². The second-order valence-electron chi connectivity index (χ2n) is 8.23. The van der Waals surface area contributed by atoms with Gasteiger partial charge in [0.25, 0.3) is 0 Å². The van der Waals surface area contributed by atoms with Crippen molar-refractivity contribution in [2.75, 3.05) is 13.2 Å². The van der Waals surface area contributed by atoms with E-state index in [1.54, 1.807) is 0 Å². The molecular weight excluding hydrogens is 409 g/mol. The van der Waals surface area contributed by atoms with Crippen LogP contribution in [0, 0.1) is 5.92 Å². The third kappa shape index (κ3) is 4.41. The maximum absolute atomic E-state index is 12.7. The van der Waals surface area contributed by atoms with Crippen LogP contribution in [-0.4, -0.2) is 35.7 Å². The fourth-order valence-electron chi connectivity index (χ4n) is 4.46. The van der Waals surface area contributed by atoms with Crippen molar-refractivity contribution in [1.29, 1.82) is 0 Å². The quantitative estimate of drug-likeness (QED) is 0.391. The minimum atomic E-state index is -4.41. The molecule has 4 rings (SSSR count). The van der Waals surface area contributed by atoms with Crippen molar-refractivity contribution in [1.82, 2.24) is 0 Å². The lowest BCUT2D eigenvalue weighted by Gasteiger charge is -2.13. The summed E-state index contributed by atoms with van der Waals surface area (Å²) < 4.78 is 43.5. The zero-order valence-corrected chi connectivity index (χ0v) is 17.1. The van der Waals surface area contributed by atoms with Crippen LogP contribution in [0.1, 0.15) is 42.4 Å². The number of benzene rings is 2. The predicted octanol–water partition coefficient (Wildman–Crippen LogP) is 4.09. The largest absolute Gasteiger partial charge is 0.490 e. The lowest BCUT2D eigenvalue weighted by Crippen LogP contribution is -2.25. The predicted molar refractivity (Wildman–Crippen MR) is 110 cm³/mol. The molecule has 5 nitrogen and oxygen atoms in total. The number of oxime groups is 1. The summed E-state index contributed by atoms with van der Waals surface area (Å²) in [4.78, 5) is 5.24. The molecule has 4 atom stereocenters. The van der Waals surface area contributed by atoms with Crippen LogP contribution in [0.4, 0.5) is 13.2 Å². The van der Waals surface area contributed by atoms with E-state index in [0.717, 1.165) is 30.5 Å². The summed E-state index contributed by atoms with van der Waals surface area (Å²) in [6, 6.07) is 12.7. The molecule has 0 heterocycles. The van der Waals surface area contributed by atoms with E-state index in [2.05, 4.69) is 5.16 Å². The number of nitrogens with zero attached hydrogens (tertiary/aromatic N) is 1. The van der Waals surface area contributed by atoms with E-state index in [1.165, 1.54) is 17.7 Å². The first kappa shape index (κ1) is 21.6. The topological polar surface area (TPSA) is 77.1 Å². The van der Waals surface area contributed by atoms with E-state index < -0.39 is 23.4 Å². The molecule has 0 spiro atoms. The summed E-state index contributed by atoms with van der Waals surface area (Å²) >= 11 is 0. The highest BCUT2D eigenvalue weighted by atomic mass is 19.4. The third-order valence-electron chi connectivity index (χ3n) is 6.29. The highest BCUT2D eigenvalue weighted by Crippen LogP contribution is 2.60. The van der Waals surface area contributed by atoms with E-state index in [0.29, 0.717) is 5.71 Å². The lowest BCUT2D eigenvalue weighted by molar-refractivity contribution is -0.137. The normalized spacial score (nSPS) is 27.7. The van der Waals surface area contributed by atoms with Crippen molar-refractivity contribution in [2.45, 2.75) is 43.5 Å². The first-order valence-electron chi connectivity index (χ1n) is 10.2. The highest BCUT2D eigenvalue weighted by molar-refractivity contribution is 5.98. The molecule has 2 unspecified atom stereocenters. The Kier molecular flexibility index (Phi) is 5.70. The van der Waals surface area contributed by atoms with Gasteiger partial charge in [-0.25, -0.2) is 0 Å². The highest BCUT2D eigenvalue weighted by Gasteiger charge is 2.68. The van der Waals surface area contributed by atoms with Gasteiger partial charge in [0, 0.05) is 11.5 Å². The third-order valence-corrected chi connectivity index (χ3v) is 6.29. The van der Waals surface area contributed by atoms with Gasteiger partial charge in [-0.2, -0.15) is 13.2 Å². The molecule has 2 aromatic rings. The summed E-state index contributed by atoms with van der Waals surface area (Å²) in [5, 5.41) is 14.1. The van der Waals surface area contributed by atoms with Gasteiger partial charge in [0.2, 0.25) is 0 Å². The van der Waals surface area contributed by atoms with Gasteiger partial charge in [-0.1, -0.05) is 35.5 Å². The summed E-state index contributed by atoms with van der Waals surface area (Å²) in [6.45, 7) is 1.99. The van der Waals surface area contributed by atoms with Gasteiger partial charge in [-0.05, 0) is 55.0 Å². The van der Waals surface area contributed by atoms with Gasteiger partial charge in [0.15, 0.2) is 6.61 Å². The molecule has 0 radical (unpaired) electrons. The van der Waals surface area contributed by atoms with Gasteiger partial charge in [-0.3, -0.25) is 0 Å². The minimum absolute atomic E-state index is 0.0727. The Morgan fingerprint density at radius 2 is 1.94 bits per heavy atom. The van der Waals surface area contributed by atoms with Gasteiger partial charge >= 0.3 is 6.18 Å². The van der Waals surface area contributed by atoms with Crippen molar-refractivity contribution in [3.63, 3.8) is 0 Å². The van der Waals surface area contributed by atoms with Crippen molar-refractivity contribution in [3.05, 3.63) is 65.2 Å². The zero-order valence-electron chi connectivity index (χ0n) is 17.1. The minimum Gasteiger partial charge on any atom is -0.490 e. The van der Waals surface area contributed by atoms with E-state index in [4.69, 9.17) is 15.3 Å². The van der Waals surface area contributed by atoms with Crippen LogP contribution in [-0.2, 0) is 11.0 Å². The summed E-state index contributed by atoms with van der Waals surface area (Å²) in [7, 11) is 0. The summed E-state index contributed by atoms with van der Waals surface area (Å²) in [5.74, 6) is 0.563. The summed E-state index contributed by atoms with van der Waals surface area (Å²) in [5.41, 5.74) is 7.79. The Morgan fingerprint density at radius 1 is 1.19 bits per heavy atom. The average Bonchev–Trinajstić information content (AvgIpc) is 3.09. The fourth-order valence-corrected chi connectivity index (χ4v) is 4.46. The number of alkyl halides is 3. The molecule has 8 heteroatoms. The van der Waals surface area contributed by atoms with Crippen molar-refractivity contribution < 1.29 is 27.9 Å². The molecule has 2 aliphatic rings. The number of hydrogen-bond acceptors (Lipinski definition) is 5. The van der Waals surface area contributed by atoms with Crippen molar-refractivity contribution in [3.8, 4) is 5.75 Å². The number of ether oxygens (including phenoxy) is 1. The molecule has 2 saturated carbocycles. The van der Waals surface area contributed by atoms with Crippen LogP contribution in [0.5, 0.6) is 5.75 Å². The molecule has 0 amide bonds. The van der Waals surface area contributed by atoms with Gasteiger partial charge in [0.1, 0.15) is 12.4 Å². The molecule has 2 fully saturated rings. The van der Waals surface area contributed by atoms with E-state index in [1.807, 2.05) is 31.2 Å². The molecule has 2 aromatic carbocycles. The molecule has 2 aliphatic carbocycles. The Balaban J connectivity index is 1.26. The number of fused-ring (bicyclic) bond motifs is 1. The Labute approximate surface area is 178 Å². The lowest BCUT2D eigenvalue weighted by atomic mass is 9.92. The number of halogens is 3. The second kappa shape index (κ2) is 8.16. The maximum atomic E-state index is 12.7. The van der Waals surface area contributed by atoms with Crippen molar-refractivity contribution >= 4 is 5.71 Å². The number of aliphatic hydroxyl groups is 1. The number of aliphatic hydroxyl groups excluding tert-OH is 1. The number of rotatable bonds is 7. The van der Waals surface area contributed by atoms with E-state index >= 15 is 0 Å². The van der Waals surface area contributed by atoms with Gasteiger partial charge in [0.05, 0.1) is 17.4 Å². The fraction of sp³-hybridized carbons (Fsp3) is 0.435. The smallest absolute Gasteiger partial charge is 0.416 e. The molecule has 0 bridgehead atoms. The first-order valence-corrected chi connectivity index (χ1v) is 10.2. The number of hydrogen-bond donors (Lipinski definition) is 2. The van der Waals surface area contributed by atoms with Crippen LogP contribution in [0.3, 0.4) is 0 Å². The van der Waals surface area contributed by atoms with Gasteiger partial charge < -0.3 is 20.4 Å². The zero-order chi connectivity index (χ0) is 22.2. The molecule has 166 valence electrons. The summed E-state index contributed by atoms with van der Waals surface area (Å²) in [6.07, 6.45) is -2.97. The Hall–Kier alpha value is -2.58. The molecule has 0 aromatic heterocycles. The monoisotopic (exact) mass is 434 g/mol. The van der Waals surface area contributed by atoms with Crippen LogP contribution >= 0.6 is 0 Å². The van der Waals surface area contributed by atoms with Crippen LogP contribution < -0.4 is 10.5 Å². The first-order chi connectivity index (χ1) is 14.7. The maximum Gasteiger partial charge on any atom is 0.416 e. The van der Waals surface area contributed by atoms with Gasteiger partial charge in [-0.15, -0.1) is 0 Å².